The average molecular weight is 476 g/mol. The van der Waals surface area contributed by atoms with Crippen molar-refractivity contribution in [1.82, 2.24) is 5.43 Å². The van der Waals surface area contributed by atoms with Gasteiger partial charge in [0.15, 0.2) is 0 Å². The minimum atomic E-state index is -0.989. The van der Waals surface area contributed by atoms with Gasteiger partial charge in [0.2, 0.25) is 0 Å². The van der Waals surface area contributed by atoms with Gasteiger partial charge in [-0.3, -0.25) is 9.59 Å². The predicted molar refractivity (Wildman–Crippen MR) is 131 cm³/mol. The summed E-state index contributed by atoms with van der Waals surface area (Å²) >= 11 is 0. The molecule has 35 heavy (non-hydrogen) atoms. The molecular formula is C26H25N3O6. The first-order valence-electron chi connectivity index (χ1n) is 10.6. The van der Waals surface area contributed by atoms with Crippen molar-refractivity contribution >= 4 is 29.2 Å². The molecule has 0 fully saturated rings. The molecule has 2 amide bonds. The summed E-state index contributed by atoms with van der Waals surface area (Å²) in [5.74, 6) is -1.32. The zero-order chi connectivity index (χ0) is 25.4. The van der Waals surface area contributed by atoms with Crippen molar-refractivity contribution in [2.45, 2.75) is 13.8 Å². The summed E-state index contributed by atoms with van der Waals surface area (Å²) in [6.07, 6.45) is 0. The number of aryl methyl sites for hydroxylation is 1. The molecule has 0 bridgehead atoms. The zero-order valence-corrected chi connectivity index (χ0v) is 19.7. The van der Waals surface area contributed by atoms with E-state index in [0.29, 0.717) is 34.0 Å². The summed E-state index contributed by atoms with van der Waals surface area (Å²) in [7, 11) is 2.93. The Labute approximate surface area is 202 Å². The van der Waals surface area contributed by atoms with Gasteiger partial charge in [-0.05, 0) is 50.2 Å². The Morgan fingerprint density at radius 2 is 1.60 bits per heavy atom. The third-order valence-corrected chi connectivity index (χ3v) is 4.92. The van der Waals surface area contributed by atoms with Crippen molar-refractivity contribution in [3.8, 4) is 17.2 Å². The summed E-state index contributed by atoms with van der Waals surface area (Å²) in [6.45, 7) is 3.50. The first-order valence-corrected chi connectivity index (χ1v) is 10.6. The molecule has 0 unspecified atom stereocenters. The molecule has 180 valence electrons. The van der Waals surface area contributed by atoms with E-state index < -0.39 is 17.8 Å². The van der Waals surface area contributed by atoms with Crippen molar-refractivity contribution in [3.63, 3.8) is 0 Å². The molecule has 0 atom stereocenters. The summed E-state index contributed by atoms with van der Waals surface area (Å²) in [6, 6.07) is 18.5. The molecular weight excluding hydrogens is 450 g/mol. The fourth-order valence-corrected chi connectivity index (χ4v) is 3.11. The highest BCUT2D eigenvalue weighted by Gasteiger charge is 2.17. The minimum Gasteiger partial charge on any atom is -0.497 e. The molecule has 0 heterocycles. The highest BCUT2D eigenvalue weighted by atomic mass is 16.5. The predicted octanol–water partition coefficient (Wildman–Crippen LogP) is 3.71. The van der Waals surface area contributed by atoms with Crippen LogP contribution in [0, 0.1) is 6.92 Å². The number of rotatable bonds is 7. The van der Waals surface area contributed by atoms with Gasteiger partial charge in [0.05, 0.1) is 31.2 Å². The van der Waals surface area contributed by atoms with Crippen molar-refractivity contribution in [1.29, 1.82) is 0 Å². The largest absolute Gasteiger partial charge is 0.497 e. The lowest BCUT2D eigenvalue weighted by atomic mass is 10.1. The number of hydrogen-bond donors (Lipinski definition) is 2. The molecule has 9 nitrogen and oxygen atoms in total. The molecule has 0 saturated heterocycles. The number of hydrazone groups is 1. The number of methoxy groups -OCH3 is 2. The Bertz CT molecular complexity index is 1290. The molecule has 0 saturated carbocycles. The van der Waals surface area contributed by atoms with E-state index in [1.165, 1.54) is 14.2 Å². The maximum atomic E-state index is 12.6. The monoisotopic (exact) mass is 475 g/mol. The number of carbonyl (C=O) groups is 3. The molecule has 0 spiro atoms. The van der Waals surface area contributed by atoms with E-state index >= 15 is 0 Å². The second kappa shape index (κ2) is 11.5. The van der Waals surface area contributed by atoms with E-state index in [4.69, 9.17) is 14.2 Å². The van der Waals surface area contributed by atoms with Crippen LogP contribution in [0.2, 0.25) is 0 Å². The third kappa shape index (κ3) is 6.44. The summed E-state index contributed by atoms with van der Waals surface area (Å²) in [5, 5.41) is 6.46. The fourth-order valence-electron chi connectivity index (χ4n) is 3.11. The second-order valence-corrected chi connectivity index (χ2v) is 7.41. The first-order chi connectivity index (χ1) is 16.8. The SMILES string of the molecule is COc1ccc(NC(=O)C(=O)N/N=C(\C)c2ccccc2OC(=O)c2cccc(C)c2)c(OC)c1. The molecule has 3 aromatic carbocycles. The van der Waals surface area contributed by atoms with Crippen LogP contribution in [-0.4, -0.2) is 37.7 Å². The van der Waals surface area contributed by atoms with Crippen molar-refractivity contribution < 1.29 is 28.6 Å². The number of amides is 2. The number of para-hydroxylation sites is 1. The number of nitrogens with one attached hydrogen (secondary N) is 2. The molecule has 3 rings (SSSR count). The molecule has 0 aromatic heterocycles. The highest BCUT2D eigenvalue weighted by Crippen LogP contribution is 2.29. The highest BCUT2D eigenvalue weighted by molar-refractivity contribution is 6.39. The van der Waals surface area contributed by atoms with Gasteiger partial charge in [-0.15, -0.1) is 0 Å². The van der Waals surface area contributed by atoms with Crippen LogP contribution in [0.25, 0.3) is 0 Å². The van der Waals surface area contributed by atoms with Gasteiger partial charge in [0, 0.05) is 11.6 Å². The number of ether oxygens (including phenoxy) is 3. The summed E-state index contributed by atoms with van der Waals surface area (Å²) in [5.41, 5.74) is 4.66. The molecule has 0 aliphatic rings. The Morgan fingerprint density at radius 1 is 0.829 bits per heavy atom. The molecule has 9 heteroatoms. The molecule has 3 aromatic rings. The maximum Gasteiger partial charge on any atom is 0.343 e. The standard InChI is InChI=1S/C26H25N3O6/c1-16-8-7-9-18(14-16)26(32)35-22-11-6-5-10-20(22)17(2)28-29-25(31)24(30)27-21-13-12-19(33-3)15-23(21)34-4/h5-15H,1-4H3,(H,27,30)(H,29,31)/b28-17+. The third-order valence-electron chi connectivity index (χ3n) is 4.92. The van der Waals surface area contributed by atoms with Crippen LogP contribution in [-0.2, 0) is 9.59 Å². The van der Waals surface area contributed by atoms with E-state index in [2.05, 4.69) is 15.8 Å². The van der Waals surface area contributed by atoms with Crippen LogP contribution in [0.3, 0.4) is 0 Å². The Hall–Kier alpha value is -4.66. The Morgan fingerprint density at radius 3 is 2.31 bits per heavy atom. The zero-order valence-electron chi connectivity index (χ0n) is 19.7. The van der Waals surface area contributed by atoms with E-state index in [9.17, 15) is 14.4 Å². The normalized spacial score (nSPS) is 10.8. The van der Waals surface area contributed by atoms with Crippen molar-refractivity contribution in [3.05, 3.63) is 83.4 Å². The number of nitrogens with zero attached hydrogens (tertiary/aromatic N) is 1. The van der Waals surface area contributed by atoms with Crippen LogP contribution in [0.1, 0.15) is 28.4 Å². The summed E-state index contributed by atoms with van der Waals surface area (Å²) < 4.78 is 15.9. The van der Waals surface area contributed by atoms with Crippen molar-refractivity contribution in [2.75, 3.05) is 19.5 Å². The lowest BCUT2D eigenvalue weighted by Crippen LogP contribution is -2.33. The van der Waals surface area contributed by atoms with Crippen LogP contribution in [0.4, 0.5) is 5.69 Å². The topological polar surface area (TPSA) is 115 Å². The lowest BCUT2D eigenvalue weighted by Gasteiger charge is -2.11. The number of anilines is 1. The molecule has 0 aliphatic heterocycles. The molecule has 0 aliphatic carbocycles. The van der Waals surface area contributed by atoms with Gasteiger partial charge >= 0.3 is 17.8 Å². The fraction of sp³-hybridized carbons (Fsp3) is 0.154. The first kappa shape index (κ1) is 25.0. The van der Waals surface area contributed by atoms with Crippen LogP contribution >= 0.6 is 0 Å². The second-order valence-electron chi connectivity index (χ2n) is 7.41. The van der Waals surface area contributed by atoms with Crippen molar-refractivity contribution in [2.24, 2.45) is 5.10 Å². The number of hydrogen-bond acceptors (Lipinski definition) is 7. The summed E-state index contributed by atoms with van der Waals surface area (Å²) in [4.78, 5) is 37.2. The quantitative estimate of drug-likeness (QED) is 0.177. The van der Waals surface area contributed by atoms with Gasteiger partial charge in [-0.2, -0.15) is 5.10 Å². The molecule has 2 N–H and O–H groups in total. The Balaban J connectivity index is 1.69. The van der Waals surface area contributed by atoms with Crippen LogP contribution in [0.15, 0.2) is 71.8 Å². The molecule has 0 radical (unpaired) electrons. The average Bonchev–Trinajstić information content (AvgIpc) is 2.87. The number of carbonyl (C=O) groups excluding carboxylic acids is 3. The van der Waals surface area contributed by atoms with E-state index in [1.54, 1.807) is 67.6 Å². The van der Waals surface area contributed by atoms with Gasteiger partial charge in [0.25, 0.3) is 0 Å². The van der Waals surface area contributed by atoms with Crippen LogP contribution < -0.4 is 25.0 Å². The van der Waals surface area contributed by atoms with Gasteiger partial charge in [0.1, 0.15) is 17.2 Å². The number of esters is 1. The van der Waals surface area contributed by atoms with E-state index in [1.807, 2.05) is 13.0 Å². The van der Waals surface area contributed by atoms with Gasteiger partial charge in [-0.1, -0.05) is 29.8 Å². The minimum absolute atomic E-state index is 0.266. The van der Waals surface area contributed by atoms with E-state index in [0.717, 1.165) is 5.56 Å². The number of benzene rings is 3. The van der Waals surface area contributed by atoms with Crippen LogP contribution in [0.5, 0.6) is 17.2 Å². The van der Waals surface area contributed by atoms with Gasteiger partial charge < -0.3 is 19.5 Å². The smallest absolute Gasteiger partial charge is 0.343 e. The maximum absolute atomic E-state index is 12.6. The van der Waals surface area contributed by atoms with E-state index in [-0.39, 0.29) is 5.75 Å². The van der Waals surface area contributed by atoms with Gasteiger partial charge in [-0.25, -0.2) is 10.2 Å². The Kier molecular flexibility index (Phi) is 8.18. The lowest BCUT2D eigenvalue weighted by molar-refractivity contribution is -0.136.